The summed E-state index contributed by atoms with van der Waals surface area (Å²) in [6.45, 7) is -2.87. The first kappa shape index (κ1) is 13.5. The Kier molecular flexibility index (Phi) is 3.70. The van der Waals surface area contributed by atoms with Gasteiger partial charge >= 0.3 is 6.61 Å². The van der Waals surface area contributed by atoms with Crippen molar-refractivity contribution >= 4 is 5.78 Å². The molecule has 2 bridgehead atoms. The van der Waals surface area contributed by atoms with E-state index in [0.29, 0.717) is 17.6 Å². The van der Waals surface area contributed by atoms with Crippen molar-refractivity contribution in [1.29, 1.82) is 0 Å². The lowest BCUT2D eigenvalue weighted by Crippen LogP contribution is -2.40. The van der Waals surface area contributed by atoms with Crippen LogP contribution >= 0.6 is 0 Å². The second kappa shape index (κ2) is 5.48. The van der Waals surface area contributed by atoms with E-state index in [1.807, 2.05) is 0 Å². The Morgan fingerprint density at radius 1 is 1.25 bits per heavy atom. The van der Waals surface area contributed by atoms with Gasteiger partial charge in [0.25, 0.3) is 0 Å². The predicted molar refractivity (Wildman–Crippen MR) is 70.1 cm³/mol. The molecular formula is C15H17F2NO2. The fourth-order valence-electron chi connectivity index (χ4n) is 3.33. The van der Waals surface area contributed by atoms with E-state index in [1.165, 1.54) is 12.1 Å². The number of hydrogen-bond acceptors (Lipinski definition) is 3. The molecule has 3 rings (SSSR count). The fourth-order valence-corrected chi connectivity index (χ4v) is 3.33. The van der Waals surface area contributed by atoms with Crippen LogP contribution in [0.25, 0.3) is 0 Å². The molecule has 2 aliphatic rings. The Morgan fingerprint density at radius 2 is 1.95 bits per heavy atom. The van der Waals surface area contributed by atoms with Crippen molar-refractivity contribution in [1.82, 2.24) is 5.32 Å². The van der Waals surface area contributed by atoms with Gasteiger partial charge in [-0.1, -0.05) is 12.1 Å². The van der Waals surface area contributed by atoms with Crippen LogP contribution in [0.2, 0.25) is 0 Å². The monoisotopic (exact) mass is 281 g/mol. The first-order chi connectivity index (χ1) is 9.61. The van der Waals surface area contributed by atoms with Gasteiger partial charge in [-0.05, 0) is 37.8 Å². The lowest BCUT2D eigenvalue weighted by molar-refractivity contribution is -0.0498. The van der Waals surface area contributed by atoms with E-state index in [0.717, 1.165) is 25.7 Å². The minimum Gasteiger partial charge on any atom is -0.435 e. The van der Waals surface area contributed by atoms with Gasteiger partial charge in [0.2, 0.25) is 0 Å². The Hall–Kier alpha value is -1.49. The normalized spacial score (nSPS) is 28.6. The lowest BCUT2D eigenvalue weighted by Gasteiger charge is -2.28. The van der Waals surface area contributed by atoms with Crippen molar-refractivity contribution in [2.75, 3.05) is 0 Å². The van der Waals surface area contributed by atoms with Gasteiger partial charge in [0.05, 0.1) is 0 Å². The molecular weight excluding hydrogens is 264 g/mol. The highest BCUT2D eigenvalue weighted by Crippen LogP contribution is 2.33. The minimum absolute atomic E-state index is 0.00412. The zero-order valence-electron chi connectivity index (χ0n) is 11.0. The zero-order valence-corrected chi connectivity index (χ0v) is 11.0. The zero-order chi connectivity index (χ0) is 14.1. The van der Waals surface area contributed by atoms with E-state index < -0.39 is 6.61 Å². The number of halogens is 2. The third-order valence-corrected chi connectivity index (χ3v) is 4.19. The summed E-state index contributed by atoms with van der Waals surface area (Å²) >= 11 is 0. The second-order valence-electron chi connectivity index (χ2n) is 5.58. The summed E-state index contributed by atoms with van der Waals surface area (Å²) in [5.74, 6) is 0.0847. The maximum Gasteiger partial charge on any atom is 0.387 e. The Labute approximate surface area is 116 Å². The third-order valence-electron chi connectivity index (χ3n) is 4.19. The van der Waals surface area contributed by atoms with E-state index in [1.54, 1.807) is 12.1 Å². The standard InChI is InChI=1S/C15H17F2NO2/c16-15(17)20-13-3-1-2-9(8-13)14(19)10-6-11-4-5-12(7-10)18-11/h1-3,8,10-12,15,18H,4-7H2. The van der Waals surface area contributed by atoms with Crippen molar-refractivity contribution in [3.05, 3.63) is 29.8 Å². The molecule has 0 amide bonds. The maximum atomic E-state index is 12.5. The molecule has 2 heterocycles. The molecule has 108 valence electrons. The number of piperidine rings is 1. The summed E-state index contributed by atoms with van der Waals surface area (Å²) < 4.78 is 28.8. The average molecular weight is 281 g/mol. The summed E-state index contributed by atoms with van der Waals surface area (Å²) in [7, 11) is 0. The molecule has 0 radical (unpaired) electrons. The van der Waals surface area contributed by atoms with Crippen molar-refractivity contribution in [3.63, 3.8) is 0 Å². The van der Waals surface area contributed by atoms with Crippen LogP contribution in [0.15, 0.2) is 24.3 Å². The van der Waals surface area contributed by atoms with E-state index in [4.69, 9.17) is 0 Å². The first-order valence-corrected chi connectivity index (χ1v) is 6.97. The van der Waals surface area contributed by atoms with E-state index in [9.17, 15) is 13.6 Å². The molecule has 3 nitrogen and oxygen atoms in total. The number of alkyl halides is 2. The van der Waals surface area contributed by atoms with Crippen LogP contribution in [0.4, 0.5) is 8.78 Å². The highest BCUT2D eigenvalue weighted by Gasteiger charge is 2.36. The van der Waals surface area contributed by atoms with Gasteiger partial charge in [-0.3, -0.25) is 4.79 Å². The number of ether oxygens (including phenoxy) is 1. The van der Waals surface area contributed by atoms with Gasteiger partial charge in [0.1, 0.15) is 5.75 Å². The highest BCUT2D eigenvalue weighted by atomic mass is 19.3. The molecule has 1 aromatic rings. The molecule has 0 aliphatic carbocycles. The van der Waals surface area contributed by atoms with Crippen LogP contribution in [0, 0.1) is 5.92 Å². The van der Waals surface area contributed by atoms with Gasteiger partial charge in [0, 0.05) is 23.6 Å². The number of Topliss-reactive ketones (excluding diaryl/α,β-unsaturated/α-hetero) is 1. The number of ketones is 1. The third kappa shape index (κ3) is 2.82. The molecule has 2 aliphatic heterocycles. The largest absolute Gasteiger partial charge is 0.435 e. The van der Waals surface area contributed by atoms with Crippen LogP contribution in [0.5, 0.6) is 5.75 Å². The van der Waals surface area contributed by atoms with Crippen LogP contribution in [0.1, 0.15) is 36.0 Å². The fraction of sp³-hybridized carbons (Fsp3) is 0.533. The molecule has 0 spiro atoms. The number of benzene rings is 1. The quantitative estimate of drug-likeness (QED) is 0.862. The molecule has 2 atom stereocenters. The van der Waals surface area contributed by atoms with Crippen LogP contribution in [-0.2, 0) is 0 Å². The van der Waals surface area contributed by atoms with Gasteiger partial charge < -0.3 is 10.1 Å². The van der Waals surface area contributed by atoms with Crippen molar-refractivity contribution in [2.45, 2.75) is 44.4 Å². The number of nitrogens with one attached hydrogen (secondary N) is 1. The molecule has 2 unspecified atom stereocenters. The average Bonchev–Trinajstić information content (AvgIpc) is 2.76. The van der Waals surface area contributed by atoms with E-state index >= 15 is 0 Å². The first-order valence-electron chi connectivity index (χ1n) is 6.97. The molecule has 0 aromatic heterocycles. The molecule has 1 N–H and O–H groups in total. The summed E-state index contributed by atoms with van der Waals surface area (Å²) in [6, 6.07) is 6.98. The van der Waals surface area contributed by atoms with Gasteiger partial charge in [-0.2, -0.15) is 8.78 Å². The molecule has 0 saturated carbocycles. The molecule has 2 saturated heterocycles. The summed E-state index contributed by atoms with van der Waals surface area (Å²) in [5, 5.41) is 3.49. The second-order valence-corrected chi connectivity index (χ2v) is 5.58. The smallest absolute Gasteiger partial charge is 0.387 e. The predicted octanol–water partition coefficient (Wildman–Crippen LogP) is 3.00. The topological polar surface area (TPSA) is 38.3 Å². The Morgan fingerprint density at radius 3 is 2.60 bits per heavy atom. The Balaban J connectivity index is 1.73. The van der Waals surface area contributed by atoms with Crippen LogP contribution in [0.3, 0.4) is 0 Å². The molecule has 20 heavy (non-hydrogen) atoms. The summed E-state index contributed by atoms with van der Waals surface area (Å²) in [4.78, 5) is 12.5. The number of carbonyl (C=O) groups excluding carboxylic acids is 1. The number of carbonyl (C=O) groups is 1. The Bertz CT molecular complexity index is 494. The lowest BCUT2D eigenvalue weighted by atomic mass is 9.86. The summed E-state index contributed by atoms with van der Waals surface area (Å²) in [5.41, 5.74) is 0.467. The van der Waals surface area contributed by atoms with E-state index in [2.05, 4.69) is 10.1 Å². The molecule has 1 aromatic carbocycles. The maximum absolute atomic E-state index is 12.5. The van der Waals surface area contributed by atoms with Crippen molar-refractivity contribution in [2.24, 2.45) is 5.92 Å². The van der Waals surface area contributed by atoms with Crippen LogP contribution < -0.4 is 10.1 Å². The minimum atomic E-state index is -2.87. The van der Waals surface area contributed by atoms with Gasteiger partial charge in [-0.25, -0.2) is 0 Å². The molecule has 5 heteroatoms. The van der Waals surface area contributed by atoms with E-state index in [-0.39, 0.29) is 17.5 Å². The number of rotatable bonds is 4. The number of fused-ring (bicyclic) bond motifs is 2. The highest BCUT2D eigenvalue weighted by molar-refractivity contribution is 5.98. The van der Waals surface area contributed by atoms with Crippen LogP contribution in [-0.4, -0.2) is 24.5 Å². The van der Waals surface area contributed by atoms with Crippen molar-refractivity contribution in [3.8, 4) is 5.75 Å². The van der Waals surface area contributed by atoms with Gasteiger partial charge in [0.15, 0.2) is 5.78 Å². The van der Waals surface area contributed by atoms with Crippen molar-refractivity contribution < 1.29 is 18.3 Å². The summed E-state index contributed by atoms with van der Waals surface area (Å²) in [6.07, 6.45) is 3.94. The number of hydrogen-bond donors (Lipinski definition) is 1. The molecule has 2 fully saturated rings. The SMILES string of the molecule is O=C(c1cccc(OC(F)F)c1)C1CC2CCC(C1)N2. The van der Waals surface area contributed by atoms with Gasteiger partial charge in [-0.15, -0.1) is 0 Å².